The fraction of sp³-hybridized carbons (Fsp3) is 0.0769. The van der Waals surface area contributed by atoms with Crippen molar-refractivity contribution in [3.05, 3.63) is 47.7 Å². The molecule has 1 unspecified atom stereocenters. The number of nitrogens with zero attached hydrogens (tertiary/aromatic N) is 1. The molecule has 3 rings (SSSR count). The number of hydrogen-bond donors (Lipinski definition) is 0. The summed E-state index contributed by atoms with van der Waals surface area (Å²) in [6.45, 7) is 0. The smallest absolute Gasteiger partial charge is 0.186 e. The molecule has 2 aromatic rings. The van der Waals surface area contributed by atoms with Crippen molar-refractivity contribution in [2.75, 3.05) is 0 Å². The third kappa shape index (κ3) is 1.65. The highest BCUT2D eigenvalue weighted by atomic mass is 35.5. The van der Waals surface area contributed by atoms with Crippen LogP contribution in [0.4, 0.5) is 0 Å². The fourth-order valence-electron chi connectivity index (χ4n) is 1.92. The number of aromatic nitrogens is 1. The molecule has 1 aromatic carbocycles. The molecule has 1 aliphatic rings. The molecule has 2 nitrogen and oxygen atoms in total. The van der Waals surface area contributed by atoms with E-state index in [4.69, 9.17) is 23.2 Å². The highest BCUT2D eigenvalue weighted by Gasteiger charge is 2.26. The topological polar surface area (TPSA) is 30.0 Å². The predicted octanol–water partition coefficient (Wildman–Crippen LogP) is 3.62. The Labute approximate surface area is 108 Å². The van der Waals surface area contributed by atoms with Crippen molar-refractivity contribution < 1.29 is 4.79 Å². The molecule has 1 aliphatic carbocycles. The quantitative estimate of drug-likeness (QED) is 0.680. The number of hydrogen-bond acceptors (Lipinski definition) is 2. The number of fused-ring (bicyclic) bond motifs is 2. The van der Waals surface area contributed by atoms with E-state index in [1.54, 1.807) is 6.07 Å². The molecule has 0 bridgehead atoms. The van der Waals surface area contributed by atoms with Crippen LogP contribution in [0, 0.1) is 0 Å². The van der Waals surface area contributed by atoms with Crippen LogP contribution in [0.3, 0.4) is 0 Å². The summed E-state index contributed by atoms with van der Waals surface area (Å²) in [5.41, 5.74) is 1.84. The molecule has 84 valence electrons. The van der Waals surface area contributed by atoms with Crippen LogP contribution < -0.4 is 0 Å². The Balaban J connectivity index is 2.36. The van der Waals surface area contributed by atoms with Crippen LogP contribution in [-0.4, -0.2) is 16.1 Å². The van der Waals surface area contributed by atoms with Gasteiger partial charge >= 0.3 is 0 Å². The zero-order valence-corrected chi connectivity index (χ0v) is 10.2. The monoisotopic (exact) mass is 263 g/mol. The molecule has 1 aromatic heterocycles. The number of carbonyl (C=O) groups is 1. The molecule has 0 spiro atoms. The maximum Gasteiger partial charge on any atom is 0.186 e. The van der Waals surface area contributed by atoms with Crippen LogP contribution in [-0.2, 0) is 0 Å². The molecule has 1 heterocycles. The van der Waals surface area contributed by atoms with E-state index in [1.165, 1.54) is 6.08 Å². The summed E-state index contributed by atoms with van der Waals surface area (Å²) in [7, 11) is 0. The normalized spacial score (nSPS) is 19.1. The van der Waals surface area contributed by atoms with Crippen molar-refractivity contribution in [2.24, 2.45) is 0 Å². The van der Waals surface area contributed by atoms with Crippen molar-refractivity contribution in [2.45, 2.75) is 5.38 Å². The highest BCUT2D eigenvalue weighted by molar-refractivity contribution is 6.52. The van der Waals surface area contributed by atoms with Gasteiger partial charge in [0, 0.05) is 10.9 Å². The minimum Gasteiger partial charge on any atom is -0.292 e. The van der Waals surface area contributed by atoms with Crippen molar-refractivity contribution in [3.63, 3.8) is 0 Å². The van der Waals surface area contributed by atoms with E-state index in [2.05, 4.69) is 4.98 Å². The van der Waals surface area contributed by atoms with Gasteiger partial charge in [0.2, 0.25) is 0 Å². The summed E-state index contributed by atoms with van der Waals surface area (Å²) in [5.74, 6) is -0.149. The van der Waals surface area contributed by atoms with Crippen LogP contribution in [0.2, 0.25) is 0 Å². The number of benzene rings is 1. The average Bonchev–Trinajstić information content (AvgIpc) is 2.34. The van der Waals surface area contributed by atoms with Gasteiger partial charge in [-0.15, -0.1) is 11.6 Å². The number of allylic oxidation sites excluding steroid dienone is 1. The first-order chi connectivity index (χ1) is 8.16. The number of halogens is 2. The largest absolute Gasteiger partial charge is 0.292 e. The van der Waals surface area contributed by atoms with E-state index in [0.717, 1.165) is 10.9 Å². The lowest BCUT2D eigenvalue weighted by Gasteiger charge is -2.15. The van der Waals surface area contributed by atoms with Crippen LogP contribution >= 0.6 is 23.2 Å². The van der Waals surface area contributed by atoms with Gasteiger partial charge in [0.25, 0.3) is 0 Å². The first-order valence-corrected chi connectivity index (χ1v) is 5.94. The summed E-state index contributed by atoms with van der Waals surface area (Å²) >= 11 is 12.0. The second-order valence-corrected chi connectivity index (χ2v) is 4.74. The number of rotatable bonds is 0. The molecule has 17 heavy (non-hydrogen) atoms. The van der Waals surface area contributed by atoms with Crippen molar-refractivity contribution in [3.8, 4) is 0 Å². The molecule has 0 amide bonds. The number of pyridine rings is 1. The molecule has 0 N–H and O–H groups in total. The van der Waals surface area contributed by atoms with Gasteiger partial charge in [-0.3, -0.25) is 4.79 Å². The lowest BCUT2D eigenvalue weighted by molar-refractivity contribution is 0.0997. The maximum absolute atomic E-state index is 11.9. The van der Waals surface area contributed by atoms with E-state index in [1.807, 2.05) is 24.3 Å². The van der Waals surface area contributed by atoms with Gasteiger partial charge < -0.3 is 0 Å². The number of carbonyl (C=O) groups excluding carboxylic acids is 1. The zero-order chi connectivity index (χ0) is 12.0. The Hall–Kier alpha value is -1.38. The first kappa shape index (κ1) is 10.8. The Bertz CT molecular complexity index is 664. The average molecular weight is 264 g/mol. The van der Waals surface area contributed by atoms with E-state index >= 15 is 0 Å². The van der Waals surface area contributed by atoms with Gasteiger partial charge in [0.1, 0.15) is 5.38 Å². The Morgan fingerprint density at radius 3 is 2.82 bits per heavy atom. The maximum atomic E-state index is 11.9. The van der Waals surface area contributed by atoms with Gasteiger partial charge in [0.05, 0.1) is 16.2 Å². The standard InChI is InChI=1S/C13H7Cl2NO/c14-9-6-10(15)13(17)8-5-7-3-1-2-4-11(7)16-12(8)9/h1-6,10H. The molecule has 0 radical (unpaired) electrons. The van der Waals surface area contributed by atoms with Crippen molar-refractivity contribution in [1.82, 2.24) is 4.98 Å². The Morgan fingerprint density at radius 1 is 1.24 bits per heavy atom. The SMILES string of the molecule is O=C1c2cc3ccccc3nc2C(Cl)=CC1Cl. The molecule has 4 heteroatoms. The second-order valence-electron chi connectivity index (χ2n) is 3.86. The predicted molar refractivity (Wildman–Crippen MR) is 69.5 cm³/mol. The first-order valence-electron chi connectivity index (χ1n) is 5.12. The van der Waals surface area contributed by atoms with Gasteiger partial charge in [-0.1, -0.05) is 29.8 Å². The van der Waals surface area contributed by atoms with Crippen LogP contribution in [0.1, 0.15) is 16.1 Å². The minimum atomic E-state index is -0.696. The summed E-state index contributed by atoms with van der Waals surface area (Å²) in [5, 5.41) is 0.651. The van der Waals surface area contributed by atoms with Crippen molar-refractivity contribution in [1.29, 1.82) is 0 Å². The van der Waals surface area contributed by atoms with E-state index in [-0.39, 0.29) is 5.78 Å². The van der Waals surface area contributed by atoms with Crippen LogP contribution in [0.25, 0.3) is 15.9 Å². The van der Waals surface area contributed by atoms with Gasteiger partial charge in [0.15, 0.2) is 5.78 Å². The van der Waals surface area contributed by atoms with Gasteiger partial charge in [-0.25, -0.2) is 4.98 Å². The van der Waals surface area contributed by atoms with E-state index in [9.17, 15) is 4.79 Å². The van der Waals surface area contributed by atoms with E-state index in [0.29, 0.717) is 16.3 Å². The third-order valence-corrected chi connectivity index (χ3v) is 3.39. The molecule has 0 fully saturated rings. The fourth-order valence-corrected chi connectivity index (χ4v) is 2.50. The van der Waals surface area contributed by atoms with Crippen molar-refractivity contribution >= 4 is 44.9 Å². The second kappa shape index (κ2) is 3.83. The number of Topliss-reactive ketones (excluding diaryl/α,β-unsaturated/α-hetero) is 1. The molecular formula is C13H7Cl2NO. The summed E-state index contributed by atoms with van der Waals surface area (Å²) in [4.78, 5) is 16.3. The lowest BCUT2D eigenvalue weighted by atomic mass is 9.98. The van der Waals surface area contributed by atoms with E-state index < -0.39 is 5.38 Å². The summed E-state index contributed by atoms with van der Waals surface area (Å²) < 4.78 is 0. The summed E-state index contributed by atoms with van der Waals surface area (Å²) in [6, 6.07) is 9.39. The molecule has 1 atom stereocenters. The van der Waals surface area contributed by atoms with Crippen LogP contribution in [0.5, 0.6) is 0 Å². The van der Waals surface area contributed by atoms with Gasteiger partial charge in [-0.2, -0.15) is 0 Å². The summed E-state index contributed by atoms with van der Waals surface area (Å²) in [6.07, 6.45) is 1.52. The Kier molecular flexibility index (Phi) is 2.42. The van der Waals surface area contributed by atoms with Gasteiger partial charge in [-0.05, 0) is 18.2 Å². The number of ketones is 1. The highest BCUT2D eigenvalue weighted by Crippen LogP contribution is 2.31. The lowest BCUT2D eigenvalue weighted by Crippen LogP contribution is -2.19. The number of para-hydroxylation sites is 1. The molecular weight excluding hydrogens is 257 g/mol. The number of alkyl halides is 1. The molecule has 0 saturated heterocycles. The van der Waals surface area contributed by atoms with Crippen LogP contribution in [0.15, 0.2) is 36.4 Å². The minimum absolute atomic E-state index is 0.149. The zero-order valence-electron chi connectivity index (χ0n) is 8.65. The third-order valence-electron chi connectivity index (χ3n) is 2.76. The molecule has 0 saturated carbocycles. The molecule has 0 aliphatic heterocycles. The Morgan fingerprint density at radius 2 is 2.00 bits per heavy atom.